The number of carbonyl (C=O) groups is 1. The molecule has 0 radical (unpaired) electrons. The Bertz CT molecular complexity index is 2640. The van der Waals surface area contributed by atoms with Crippen LogP contribution in [0.1, 0.15) is 72.3 Å². The number of amides is 1. The highest BCUT2D eigenvalue weighted by atomic mass is 32.1. The highest BCUT2D eigenvalue weighted by Gasteiger charge is 2.40. The van der Waals surface area contributed by atoms with E-state index in [2.05, 4.69) is 105 Å². The number of hydrogen-bond donors (Lipinski definition) is 2. The summed E-state index contributed by atoms with van der Waals surface area (Å²) in [6.07, 6.45) is 15.6. The van der Waals surface area contributed by atoms with Crippen molar-refractivity contribution in [3.05, 3.63) is 94.9 Å². The maximum Gasteiger partial charge on any atom is 0.412 e. The molecule has 17 heteroatoms. The van der Waals surface area contributed by atoms with Crippen LogP contribution in [0, 0.1) is 6.92 Å². The van der Waals surface area contributed by atoms with Crippen molar-refractivity contribution in [3.8, 4) is 0 Å². The quantitative estimate of drug-likeness (QED) is 0.0556. The number of anilines is 2. The predicted molar refractivity (Wildman–Crippen MR) is 258 cm³/mol. The zero-order valence-electron chi connectivity index (χ0n) is 39.2. The summed E-state index contributed by atoms with van der Waals surface area (Å²) in [6.45, 7) is 14.5. The Labute approximate surface area is 390 Å². The Hall–Kier alpha value is -5.75. The van der Waals surface area contributed by atoms with Crippen molar-refractivity contribution >= 4 is 61.3 Å². The van der Waals surface area contributed by atoms with Gasteiger partial charge in [0.05, 0.1) is 29.5 Å². The maximum atomic E-state index is 14.0. The van der Waals surface area contributed by atoms with Crippen LogP contribution in [0.2, 0.25) is 0 Å². The van der Waals surface area contributed by atoms with Gasteiger partial charge in [0, 0.05) is 40.2 Å². The molecule has 16 nitrogen and oxygen atoms in total. The lowest BCUT2D eigenvalue weighted by Crippen LogP contribution is -2.47. The molecule has 0 fully saturated rings. The van der Waals surface area contributed by atoms with Crippen LogP contribution < -0.4 is 14.9 Å². The van der Waals surface area contributed by atoms with Gasteiger partial charge in [-0.2, -0.15) is 4.68 Å². The van der Waals surface area contributed by atoms with Gasteiger partial charge in [-0.1, -0.05) is 67.2 Å². The van der Waals surface area contributed by atoms with Gasteiger partial charge in [0.1, 0.15) is 29.7 Å². The zero-order chi connectivity index (χ0) is 46.2. The third-order valence-corrected chi connectivity index (χ3v) is 13.2. The minimum absolute atomic E-state index is 0.0300. The number of unbranched alkanes of at least 4 members (excludes halogenated alkanes) is 3. The lowest BCUT2D eigenvalue weighted by atomic mass is 10.0. The number of nitrogens with zero attached hydrogens (tertiary/aromatic N) is 9. The topological polar surface area (TPSA) is 157 Å². The Kier molecular flexibility index (Phi) is 15.4. The molecule has 0 saturated heterocycles. The van der Waals surface area contributed by atoms with Crippen molar-refractivity contribution in [2.24, 2.45) is 20.6 Å². The summed E-state index contributed by atoms with van der Waals surface area (Å²) in [4.78, 5) is 16.1. The van der Waals surface area contributed by atoms with E-state index in [1.165, 1.54) is 19.3 Å². The summed E-state index contributed by atoms with van der Waals surface area (Å²) in [7, 11) is 2.04. The molecular formula is C49H64N11O5S+3. The van der Waals surface area contributed by atoms with E-state index >= 15 is 0 Å². The fourth-order valence-corrected chi connectivity index (χ4v) is 9.30. The van der Waals surface area contributed by atoms with Crippen LogP contribution in [-0.2, 0) is 25.5 Å². The molecule has 6 atom stereocenters. The first-order valence-electron chi connectivity index (χ1n) is 23.3. The highest BCUT2D eigenvalue weighted by Crippen LogP contribution is 2.34. The molecule has 6 unspecified atom stereocenters. The number of rotatable bonds is 23. The summed E-state index contributed by atoms with van der Waals surface area (Å²) in [5.74, 6) is 0. The van der Waals surface area contributed by atoms with Crippen LogP contribution in [0.4, 0.5) is 16.2 Å². The number of aromatic amines is 1. The molecule has 4 aliphatic rings. The fraction of sp³-hybridized carbons (Fsp3) is 0.490. The van der Waals surface area contributed by atoms with Crippen LogP contribution >= 0.6 is 11.3 Å². The number of aromatic nitrogens is 3. The van der Waals surface area contributed by atoms with Crippen molar-refractivity contribution < 1.29 is 37.8 Å². The molecule has 0 spiro atoms. The predicted octanol–water partition coefficient (Wildman–Crippen LogP) is 8.99. The van der Waals surface area contributed by atoms with Crippen molar-refractivity contribution in [1.29, 1.82) is 0 Å². The molecule has 348 valence electrons. The first kappa shape index (κ1) is 46.8. The van der Waals surface area contributed by atoms with E-state index < -0.39 is 24.5 Å². The standard InChI is InChI=1S/C49H62N11O5S/c1-8-10-11-12-13-35(6)62-31-48(60-46-24-34(5)16-19-42(46)53-56-60)64-29-37(27-58-44-22-32(3)14-17-40(44)51-54-58)63-30-38(28-59-45-23-33(4)15-18-41(45)52-55-59)65-49(61)50-36-25-43(57(7)9-2)39-20-21-66-47(39)26-36/h14-26,35,37-38,44,46,48H,8-13,27-31H2,1-7H3/q+1/p+2. The molecule has 0 bridgehead atoms. The van der Waals surface area contributed by atoms with Crippen LogP contribution in [-0.4, -0.2) is 114 Å². The maximum absolute atomic E-state index is 14.0. The van der Waals surface area contributed by atoms with Crippen LogP contribution in [0.15, 0.2) is 110 Å². The molecule has 2 aromatic carbocycles. The molecule has 66 heavy (non-hydrogen) atoms. The van der Waals surface area contributed by atoms with Gasteiger partial charge in [-0.15, -0.1) is 20.7 Å². The van der Waals surface area contributed by atoms with Gasteiger partial charge >= 0.3 is 6.09 Å². The number of benzene rings is 2. The van der Waals surface area contributed by atoms with Crippen molar-refractivity contribution in [2.45, 2.75) is 117 Å². The number of ether oxygens (including phenoxy) is 4. The largest absolute Gasteiger partial charge is 0.439 e. The number of nitrogens with one attached hydrogen (secondary N) is 2. The molecule has 0 saturated carbocycles. The number of hydrogen-bond acceptors (Lipinski definition) is 12. The number of thiophene rings is 1. The average Bonchev–Trinajstić information content (AvgIpc) is 4.13. The van der Waals surface area contributed by atoms with Crippen LogP contribution in [0.25, 0.3) is 21.1 Å². The number of allylic oxidation sites excluding steroid dienone is 4. The SMILES string of the molecule is CCCCCCC(C)OCC(OCC(C[N+]1=NN=C2C=CC(C)=CC21)OCC(C[n+]1[nH]nc2ccc(C)cc21)OC(=O)Nc1cc(N(C)CC)c2ccsc2c1)[N+]1=NN=C2C=CC(C)=CC21. The molecule has 8 rings (SSSR count). The fourth-order valence-electron chi connectivity index (χ4n) is 8.46. The molecule has 4 aromatic rings. The van der Waals surface area contributed by atoms with E-state index in [-0.39, 0.29) is 44.6 Å². The zero-order valence-corrected chi connectivity index (χ0v) is 40.0. The van der Waals surface area contributed by atoms with Gasteiger partial charge in [0.2, 0.25) is 40.8 Å². The van der Waals surface area contributed by atoms with E-state index in [0.717, 1.165) is 74.3 Å². The van der Waals surface area contributed by atoms with Gasteiger partial charge in [0.25, 0.3) is 0 Å². The number of aryl methyl sites for hydroxylation is 1. The summed E-state index contributed by atoms with van der Waals surface area (Å²) in [5, 5.41) is 32.1. The summed E-state index contributed by atoms with van der Waals surface area (Å²) >= 11 is 1.63. The third-order valence-electron chi connectivity index (χ3n) is 12.3. The van der Waals surface area contributed by atoms with E-state index in [1.807, 2.05) is 76.6 Å². The Balaban J connectivity index is 1.04. The second-order valence-corrected chi connectivity index (χ2v) is 18.6. The molecule has 2 N–H and O–H groups in total. The minimum atomic E-state index is -0.758. The number of fused-ring (bicyclic) bond motifs is 4. The summed E-state index contributed by atoms with van der Waals surface area (Å²) in [5.41, 5.74) is 8.39. The highest BCUT2D eigenvalue weighted by molar-refractivity contribution is 7.17. The second kappa shape index (κ2) is 21.7. The van der Waals surface area contributed by atoms with E-state index in [1.54, 1.807) is 11.3 Å². The first-order chi connectivity index (χ1) is 32.0. The lowest BCUT2D eigenvalue weighted by Gasteiger charge is -2.25. The normalized spacial score (nSPS) is 19.3. The lowest BCUT2D eigenvalue weighted by molar-refractivity contribution is -0.736. The molecule has 2 aliphatic heterocycles. The van der Waals surface area contributed by atoms with E-state index in [0.29, 0.717) is 12.2 Å². The van der Waals surface area contributed by atoms with E-state index in [4.69, 9.17) is 18.9 Å². The van der Waals surface area contributed by atoms with Gasteiger partial charge in [-0.05, 0) is 107 Å². The van der Waals surface area contributed by atoms with Crippen LogP contribution in [0.3, 0.4) is 0 Å². The van der Waals surface area contributed by atoms with Gasteiger partial charge in [-0.3, -0.25) is 5.32 Å². The van der Waals surface area contributed by atoms with Crippen molar-refractivity contribution in [3.63, 3.8) is 0 Å². The molecule has 2 aromatic heterocycles. The van der Waals surface area contributed by atoms with E-state index in [9.17, 15) is 4.79 Å². The smallest absolute Gasteiger partial charge is 0.412 e. The summed E-state index contributed by atoms with van der Waals surface area (Å²) < 4.78 is 33.2. The molecule has 4 heterocycles. The molecule has 2 aliphatic carbocycles. The Morgan fingerprint density at radius 3 is 2.44 bits per heavy atom. The Morgan fingerprint density at radius 1 is 0.864 bits per heavy atom. The first-order valence-corrected chi connectivity index (χ1v) is 24.2. The minimum Gasteiger partial charge on any atom is -0.439 e. The molecule has 1 amide bonds. The van der Waals surface area contributed by atoms with Crippen LogP contribution in [0.5, 0.6) is 0 Å². The van der Waals surface area contributed by atoms with Crippen molar-refractivity contribution in [1.82, 2.24) is 10.3 Å². The van der Waals surface area contributed by atoms with Gasteiger partial charge in [-0.25, -0.2) is 4.79 Å². The number of H-pyrrole nitrogens is 1. The monoisotopic (exact) mass is 918 g/mol. The average molecular weight is 919 g/mol. The number of carbonyl (C=O) groups excluding carboxylic acids is 1. The second-order valence-electron chi connectivity index (χ2n) is 17.7. The van der Waals surface area contributed by atoms with Gasteiger partial charge in [0.15, 0.2) is 12.6 Å². The third kappa shape index (κ3) is 11.4. The summed E-state index contributed by atoms with van der Waals surface area (Å²) in [6, 6.07) is 11.8. The molecular weight excluding hydrogens is 855 g/mol. The Morgan fingerprint density at radius 2 is 1.64 bits per heavy atom. The van der Waals surface area contributed by atoms with Gasteiger partial charge < -0.3 is 23.8 Å². The van der Waals surface area contributed by atoms with Crippen molar-refractivity contribution in [2.75, 3.05) is 50.2 Å².